The molecule has 1 saturated heterocycles. The molecule has 0 unspecified atom stereocenters. The van der Waals surface area contributed by atoms with Crippen LogP contribution >= 0.6 is 15.9 Å². The van der Waals surface area contributed by atoms with Crippen LogP contribution in [0.2, 0.25) is 0 Å². The van der Waals surface area contributed by atoms with Crippen LogP contribution in [-0.2, 0) is 4.79 Å². The highest BCUT2D eigenvalue weighted by Gasteiger charge is 2.29. The molecule has 0 spiro atoms. The van der Waals surface area contributed by atoms with E-state index in [1.165, 1.54) is 0 Å². The minimum atomic E-state index is -0.209. The summed E-state index contributed by atoms with van der Waals surface area (Å²) < 4.78 is -0.209. The van der Waals surface area contributed by atoms with Gasteiger partial charge >= 0.3 is 0 Å². The summed E-state index contributed by atoms with van der Waals surface area (Å²) in [5, 5.41) is 0. The summed E-state index contributed by atoms with van der Waals surface area (Å²) in [6, 6.07) is 0. The molecule has 0 radical (unpaired) electrons. The van der Waals surface area contributed by atoms with Crippen molar-refractivity contribution in [1.29, 1.82) is 0 Å². The van der Waals surface area contributed by atoms with Gasteiger partial charge in [0.1, 0.15) is 6.29 Å². The van der Waals surface area contributed by atoms with Crippen LogP contribution in [0.1, 0.15) is 12.8 Å². The van der Waals surface area contributed by atoms with Crippen LogP contribution in [-0.4, -0.2) is 35.6 Å². The predicted octanol–water partition coefficient (Wildman–Crippen LogP) is 1.04. The Morgan fingerprint density at radius 1 is 1.50 bits per heavy atom. The molecule has 1 fully saturated rings. The maximum Gasteiger partial charge on any atom is 0.136 e. The zero-order valence-electron chi connectivity index (χ0n) is 6.14. The molecule has 0 N–H and O–H groups in total. The van der Waals surface area contributed by atoms with E-state index in [0.29, 0.717) is 0 Å². The molecule has 0 atom stereocenters. The van der Waals surface area contributed by atoms with Crippen molar-refractivity contribution in [2.24, 2.45) is 0 Å². The number of carbonyl (C=O) groups excluding carboxylic acids is 1. The van der Waals surface area contributed by atoms with E-state index in [1.54, 1.807) is 0 Å². The van der Waals surface area contributed by atoms with Crippen LogP contribution in [0.25, 0.3) is 0 Å². The zero-order chi connectivity index (χ0) is 7.61. The SMILES string of the molecule is CN1CCC(Br)(C=O)CC1. The Kier molecular flexibility index (Phi) is 2.47. The molecule has 0 saturated carbocycles. The van der Waals surface area contributed by atoms with Crippen LogP contribution in [0, 0.1) is 0 Å². The van der Waals surface area contributed by atoms with Gasteiger partial charge in [-0.1, -0.05) is 15.9 Å². The molecule has 0 amide bonds. The number of nitrogens with zero attached hydrogens (tertiary/aromatic N) is 1. The van der Waals surface area contributed by atoms with Crippen molar-refractivity contribution in [2.45, 2.75) is 17.2 Å². The summed E-state index contributed by atoms with van der Waals surface area (Å²) in [6.45, 7) is 2.04. The van der Waals surface area contributed by atoms with Gasteiger partial charge in [-0.25, -0.2) is 0 Å². The number of rotatable bonds is 1. The van der Waals surface area contributed by atoms with Gasteiger partial charge in [-0.15, -0.1) is 0 Å². The predicted molar refractivity (Wildman–Crippen MR) is 44.5 cm³/mol. The van der Waals surface area contributed by atoms with Gasteiger partial charge in [0, 0.05) is 0 Å². The maximum atomic E-state index is 10.5. The smallest absolute Gasteiger partial charge is 0.136 e. The summed E-state index contributed by atoms with van der Waals surface area (Å²) in [5.41, 5.74) is 0. The summed E-state index contributed by atoms with van der Waals surface area (Å²) in [7, 11) is 2.08. The number of likely N-dealkylation sites (tertiary alicyclic amines) is 1. The summed E-state index contributed by atoms with van der Waals surface area (Å²) in [4.78, 5) is 12.8. The van der Waals surface area contributed by atoms with Crippen LogP contribution in [0.5, 0.6) is 0 Å². The normalized spacial score (nSPS) is 26.2. The number of carbonyl (C=O) groups is 1. The van der Waals surface area contributed by atoms with E-state index in [-0.39, 0.29) is 4.32 Å². The zero-order valence-corrected chi connectivity index (χ0v) is 7.73. The summed E-state index contributed by atoms with van der Waals surface area (Å²) in [5.74, 6) is 0. The first-order valence-corrected chi connectivity index (χ1v) is 4.29. The van der Waals surface area contributed by atoms with E-state index in [9.17, 15) is 4.79 Å². The quantitative estimate of drug-likeness (QED) is 0.472. The fraction of sp³-hybridized carbons (Fsp3) is 0.857. The molecular weight excluding hydrogens is 194 g/mol. The monoisotopic (exact) mass is 205 g/mol. The molecule has 3 heteroatoms. The maximum absolute atomic E-state index is 10.5. The van der Waals surface area contributed by atoms with E-state index in [4.69, 9.17) is 0 Å². The van der Waals surface area contributed by atoms with E-state index < -0.39 is 0 Å². The minimum Gasteiger partial charge on any atom is -0.306 e. The standard InChI is InChI=1S/C7H12BrNO/c1-9-4-2-7(8,6-10)3-5-9/h6H,2-5H2,1H3. The lowest BCUT2D eigenvalue weighted by molar-refractivity contribution is -0.110. The Morgan fingerprint density at radius 3 is 2.40 bits per heavy atom. The average Bonchev–Trinajstić information content (AvgIpc) is 1.96. The minimum absolute atomic E-state index is 0.209. The first-order valence-electron chi connectivity index (χ1n) is 3.50. The van der Waals surface area contributed by atoms with Gasteiger partial charge in [0.15, 0.2) is 0 Å². The molecule has 1 aliphatic heterocycles. The van der Waals surface area contributed by atoms with Crippen molar-refractivity contribution >= 4 is 22.2 Å². The van der Waals surface area contributed by atoms with Crippen LogP contribution in [0.15, 0.2) is 0 Å². The molecule has 2 nitrogen and oxygen atoms in total. The summed E-state index contributed by atoms with van der Waals surface area (Å²) in [6.07, 6.45) is 2.90. The number of alkyl halides is 1. The third kappa shape index (κ3) is 1.80. The number of halogens is 1. The third-order valence-corrected chi connectivity index (χ3v) is 3.01. The second kappa shape index (κ2) is 3.01. The molecule has 0 aromatic heterocycles. The van der Waals surface area contributed by atoms with Gasteiger partial charge in [0.25, 0.3) is 0 Å². The largest absolute Gasteiger partial charge is 0.306 e. The lowest BCUT2D eigenvalue weighted by atomic mass is 9.99. The molecule has 58 valence electrons. The van der Waals surface area contributed by atoms with Crippen molar-refractivity contribution in [1.82, 2.24) is 4.90 Å². The fourth-order valence-electron chi connectivity index (χ4n) is 1.11. The molecule has 0 bridgehead atoms. The Morgan fingerprint density at radius 2 is 2.00 bits per heavy atom. The molecule has 1 heterocycles. The topological polar surface area (TPSA) is 20.3 Å². The molecule has 0 aromatic carbocycles. The molecule has 0 aromatic rings. The van der Waals surface area contributed by atoms with Crippen LogP contribution in [0.4, 0.5) is 0 Å². The Hall–Kier alpha value is 0.110. The molecule has 1 rings (SSSR count). The highest BCUT2D eigenvalue weighted by molar-refractivity contribution is 9.10. The average molecular weight is 206 g/mol. The van der Waals surface area contributed by atoms with Crippen LogP contribution in [0.3, 0.4) is 0 Å². The highest BCUT2D eigenvalue weighted by Crippen LogP contribution is 2.28. The van der Waals surface area contributed by atoms with Gasteiger partial charge in [-0.2, -0.15) is 0 Å². The van der Waals surface area contributed by atoms with Gasteiger partial charge in [0.2, 0.25) is 0 Å². The molecule has 1 aliphatic rings. The van der Waals surface area contributed by atoms with Crippen molar-refractivity contribution < 1.29 is 4.79 Å². The van der Waals surface area contributed by atoms with E-state index in [0.717, 1.165) is 32.2 Å². The number of aldehydes is 1. The molecule has 10 heavy (non-hydrogen) atoms. The number of piperidine rings is 1. The lowest BCUT2D eigenvalue weighted by Crippen LogP contribution is -2.39. The highest BCUT2D eigenvalue weighted by atomic mass is 79.9. The second-order valence-corrected chi connectivity index (χ2v) is 4.54. The second-order valence-electron chi connectivity index (χ2n) is 2.96. The Labute approximate surface area is 69.7 Å². The molecule has 0 aliphatic carbocycles. The van der Waals surface area contributed by atoms with Crippen molar-refractivity contribution in [3.63, 3.8) is 0 Å². The first kappa shape index (κ1) is 8.21. The number of hydrogen-bond acceptors (Lipinski definition) is 2. The first-order chi connectivity index (χ1) is 4.66. The fourth-order valence-corrected chi connectivity index (χ4v) is 1.46. The van der Waals surface area contributed by atoms with E-state index in [1.807, 2.05) is 0 Å². The third-order valence-electron chi connectivity index (χ3n) is 2.03. The van der Waals surface area contributed by atoms with Gasteiger partial charge < -0.3 is 9.69 Å². The molecular formula is C7H12BrNO. The van der Waals surface area contributed by atoms with E-state index in [2.05, 4.69) is 27.9 Å². The van der Waals surface area contributed by atoms with Crippen molar-refractivity contribution in [2.75, 3.05) is 20.1 Å². The Balaban J connectivity index is 2.46. The summed E-state index contributed by atoms with van der Waals surface area (Å²) >= 11 is 3.43. The van der Waals surface area contributed by atoms with Gasteiger partial charge in [-0.3, -0.25) is 0 Å². The Bertz CT molecular complexity index is 130. The van der Waals surface area contributed by atoms with E-state index >= 15 is 0 Å². The van der Waals surface area contributed by atoms with Gasteiger partial charge in [0.05, 0.1) is 4.32 Å². The number of hydrogen-bond donors (Lipinski definition) is 0. The van der Waals surface area contributed by atoms with Crippen molar-refractivity contribution in [3.05, 3.63) is 0 Å². The van der Waals surface area contributed by atoms with Gasteiger partial charge in [-0.05, 0) is 33.0 Å². The van der Waals surface area contributed by atoms with Crippen LogP contribution < -0.4 is 0 Å². The van der Waals surface area contributed by atoms with Crippen molar-refractivity contribution in [3.8, 4) is 0 Å². The lowest BCUT2D eigenvalue weighted by Gasteiger charge is -2.31.